The van der Waals surface area contributed by atoms with Crippen molar-refractivity contribution in [2.75, 3.05) is 6.61 Å². The van der Waals surface area contributed by atoms with Gasteiger partial charge in [-0.15, -0.1) is 0 Å². The molecule has 0 radical (unpaired) electrons. The smallest absolute Gasteiger partial charge is 0.123 e. The number of hydrogen-bond donors (Lipinski definition) is 1. The van der Waals surface area contributed by atoms with Crippen LogP contribution in [0.3, 0.4) is 0 Å². The summed E-state index contributed by atoms with van der Waals surface area (Å²) in [6.07, 6.45) is 0. The van der Waals surface area contributed by atoms with E-state index in [1.165, 1.54) is 12.1 Å². The molecule has 0 spiro atoms. The Bertz CT molecular complexity index is 549. The quantitative estimate of drug-likeness (QED) is 0.912. The van der Waals surface area contributed by atoms with E-state index in [-0.39, 0.29) is 5.82 Å². The van der Waals surface area contributed by atoms with E-state index < -0.39 is 5.54 Å². The lowest BCUT2D eigenvalue weighted by Crippen LogP contribution is -2.34. The predicted octanol–water partition coefficient (Wildman–Crippen LogP) is 3.45. The summed E-state index contributed by atoms with van der Waals surface area (Å²) < 4.78 is 18.7. The van der Waals surface area contributed by atoms with Gasteiger partial charge in [-0.05, 0) is 49.2 Å². The van der Waals surface area contributed by atoms with Gasteiger partial charge in [0.25, 0.3) is 0 Å². The minimum atomic E-state index is -0.729. The zero-order valence-electron chi connectivity index (χ0n) is 11.2. The van der Waals surface area contributed by atoms with Gasteiger partial charge in [-0.1, -0.05) is 24.3 Å². The van der Waals surface area contributed by atoms with E-state index in [4.69, 9.17) is 10.5 Å². The number of benzene rings is 2. The third-order valence-electron chi connectivity index (χ3n) is 3.19. The third-order valence-corrected chi connectivity index (χ3v) is 3.19. The Labute approximate surface area is 113 Å². The van der Waals surface area contributed by atoms with Crippen LogP contribution in [0.5, 0.6) is 5.75 Å². The Morgan fingerprint density at radius 2 is 1.79 bits per heavy atom. The molecular weight excluding hydrogens is 241 g/mol. The molecule has 2 aromatic carbocycles. The Morgan fingerprint density at radius 3 is 2.37 bits per heavy atom. The molecule has 1 atom stereocenters. The molecule has 2 N–H and O–H groups in total. The maximum atomic E-state index is 13.3. The fraction of sp³-hybridized carbons (Fsp3) is 0.250. The molecule has 0 saturated heterocycles. The van der Waals surface area contributed by atoms with Crippen molar-refractivity contribution in [1.82, 2.24) is 0 Å². The fourth-order valence-corrected chi connectivity index (χ4v) is 2.04. The zero-order chi connectivity index (χ0) is 13.9. The van der Waals surface area contributed by atoms with Crippen molar-refractivity contribution in [2.45, 2.75) is 19.4 Å². The number of nitrogens with two attached hydrogens (primary N) is 1. The normalized spacial score (nSPS) is 13.9. The van der Waals surface area contributed by atoms with E-state index in [0.29, 0.717) is 6.61 Å². The summed E-state index contributed by atoms with van der Waals surface area (Å²) in [5.41, 5.74) is 7.28. The van der Waals surface area contributed by atoms with Gasteiger partial charge in [0.05, 0.1) is 12.1 Å². The van der Waals surface area contributed by atoms with E-state index in [9.17, 15) is 4.39 Å². The fourth-order valence-electron chi connectivity index (χ4n) is 2.04. The van der Waals surface area contributed by atoms with Crippen LogP contribution in [-0.4, -0.2) is 6.61 Å². The third kappa shape index (κ3) is 2.93. The summed E-state index contributed by atoms with van der Waals surface area (Å²) in [7, 11) is 0. The molecule has 0 saturated carbocycles. The SMILES string of the molecule is CCOc1ccc(C(C)(N)c2cccc(F)c2)cc1. The van der Waals surface area contributed by atoms with Gasteiger partial charge in [0, 0.05) is 0 Å². The summed E-state index contributed by atoms with van der Waals surface area (Å²) >= 11 is 0. The molecule has 0 aliphatic rings. The molecule has 100 valence electrons. The molecule has 0 aliphatic heterocycles. The van der Waals surface area contributed by atoms with Gasteiger partial charge in [-0.3, -0.25) is 0 Å². The standard InChI is InChI=1S/C16H18FNO/c1-3-19-15-9-7-12(8-10-15)16(2,18)13-5-4-6-14(17)11-13/h4-11H,3,18H2,1-2H3. The van der Waals surface area contributed by atoms with Crippen molar-refractivity contribution in [1.29, 1.82) is 0 Å². The van der Waals surface area contributed by atoms with Crippen molar-refractivity contribution in [3.05, 3.63) is 65.5 Å². The highest BCUT2D eigenvalue weighted by molar-refractivity contribution is 5.39. The summed E-state index contributed by atoms with van der Waals surface area (Å²) in [4.78, 5) is 0. The minimum Gasteiger partial charge on any atom is -0.494 e. The monoisotopic (exact) mass is 259 g/mol. The molecule has 0 fully saturated rings. The average molecular weight is 259 g/mol. The molecular formula is C16H18FNO. The van der Waals surface area contributed by atoms with Crippen LogP contribution in [0.2, 0.25) is 0 Å². The van der Waals surface area contributed by atoms with Crippen LogP contribution >= 0.6 is 0 Å². The maximum Gasteiger partial charge on any atom is 0.123 e. The van der Waals surface area contributed by atoms with Crippen LogP contribution in [-0.2, 0) is 5.54 Å². The second-order valence-corrected chi connectivity index (χ2v) is 4.67. The van der Waals surface area contributed by atoms with Gasteiger partial charge in [-0.2, -0.15) is 0 Å². The van der Waals surface area contributed by atoms with E-state index in [1.807, 2.05) is 44.2 Å². The maximum absolute atomic E-state index is 13.3. The van der Waals surface area contributed by atoms with Gasteiger partial charge in [-0.25, -0.2) is 4.39 Å². The molecule has 0 aliphatic carbocycles. The first-order valence-corrected chi connectivity index (χ1v) is 6.32. The van der Waals surface area contributed by atoms with E-state index >= 15 is 0 Å². The Morgan fingerprint density at radius 1 is 1.11 bits per heavy atom. The lowest BCUT2D eigenvalue weighted by molar-refractivity contribution is 0.340. The lowest BCUT2D eigenvalue weighted by Gasteiger charge is -2.26. The molecule has 3 heteroatoms. The lowest BCUT2D eigenvalue weighted by atomic mass is 9.86. The minimum absolute atomic E-state index is 0.278. The molecule has 1 unspecified atom stereocenters. The number of hydrogen-bond acceptors (Lipinski definition) is 2. The highest BCUT2D eigenvalue weighted by atomic mass is 19.1. The summed E-state index contributed by atoms with van der Waals surface area (Å²) in [6.45, 7) is 4.44. The molecule has 0 heterocycles. The highest BCUT2D eigenvalue weighted by Crippen LogP contribution is 2.28. The molecule has 2 aromatic rings. The molecule has 0 amide bonds. The van der Waals surface area contributed by atoms with Gasteiger partial charge in [0.1, 0.15) is 11.6 Å². The van der Waals surface area contributed by atoms with Gasteiger partial charge in [0.15, 0.2) is 0 Å². The molecule has 2 rings (SSSR count). The zero-order valence-corrected chi connectivity index (χ0v) is 11.2. The summed E-state index contributed by atoms with van der Waals surface area (Å²) in [5, 5.41) is 0. The van der Waals surface area contributed by atoms with E-state index in [2.05, 4.69) is 0 Å². The van der Waals surface area contributed by atoms with Crippen LogP contribution in [0.15, 0.2) is 48.5 Å². The average Bonchev–Trinajstić information content (AvgIpc) is 2.40. The Kier molecular flexibility index (Phi) is 3.86. The first-order valence-electron chi connectivity index (χ1n) is 6.32. The van der Waals surface area contributed by atoms with Crippen molar-refractivity contribution in [3.8, 4) is 5.75 Å². The number of ether oxygens (including phenoxy) is 1. The van der Waals surface area contributed by atoms with Gasteiger partial charge < -0.3 is 10.5 Å². The van der Waals surface area contributed by atoms with E-state index in [1.54, 1.807) is 6.07 Å². The molecule has 0 aromatic heterocycles. The number of halogens is 1. The predicted molar refractivity (Wildman–Crippen MR) is 74.7 cm³/mol. The Balaban J connectivity index is 2.33. The molecule has 0 bridgehead atoms. The van der Waals surface area contributed by atoms with Crippen LogP contribution in [0.4, 0.5) is 4.39 Å². The summed E-state index contributed by atoms with van der Waals surface area (Å²) in [6, 6.07) is 14.0. The van der Waals surface area contributed by atoms with Gasteiger partial charge >= 0.3 is 0 Å². The largest absolute Gasteiger partial charge is 0.494 e. The van der Waals surface area contributed by atoms with Crippen molar-refractivity contribution in [2.24, 2.45) is 5.73 Å². The van der Waals surface area contributed by atoms with Gasteiger partial charge in [0.2, 0.25) is 0 Å². The van der Waals surface area contributed by atoms with Crippen molar-refractivity contribution < 1.29 is 9.13 Å². The van der Waals surface area contributed by atoms with Crippen molar-refractivity contribution >= 4 is 0 Å². The highest BCUT2D eigenvalue weighted by Gasteiger charge is 2.24. The second kappa shape index (κ2) is 5.41. The van der Waals surface area contributed by atoms with Crippen LogP contribution in [0, 0.1) is 5.82 Å². The van der Waals surface area contributed by atoms with Crippen LogP contribution < -0.4 is 10.5 Å². The summed E-state index contributed by atoms with van der Waals surface area (Å²) in [5.74, 6) is 0.529. The Hall–Kier alpha value is -1.87. The molecule has 19 heavy (non-hydrogen) atoms. The van der Waals surface area contributed by atoms with Crippen LogP contribution in [0.1, 0.15) is 25.0 Å². The van der Waals surface area contributed by atoms with Crippen molar-refractivity contribution in [3.63, 3.8) is 0 Å². The first-order chi connectivity index (χ1) is 9.04. The topological polar surface area (TPSA) is 35.2 Å². The first kappa shape index (κ1) is 13.6. The molecule has 2 nitrogen and oxygen atoms in total. The van der Waals surface area contributed by atoms with Crippen LogP contribution in [0.25, 0.3) is 0 Å². The second-order valence-electron chi connectivity index (χ2n) is 4.67. The number of rotatable bonds is 4. The van der Waals surface area contributed by atoms with E-state index in [0.717, 1.165) is 16.9 Å².